The van der Waals surface area contributed by atoms with E-state index >= 15 is 0 Å². The third kappa shape index (κ3) is 5.09. The first-order valence-corrected chi connectivity index (χ1v) is 3.97. The second kappa shape index (κ2) is 5.11. The molecule has 0 bridgehead atoms. The van der Waals surface area contributed by atoms with Crippen LogP contribution in [0.5, 0.6) is 0 Å². The summed E-state index contributed by atoms with van der Waals surface area (Å²) in [4.78, 5) is 15.5. The number of carbonyl (C=O) groups is 1. The molecule has 12 heavy (non-hydrogen) atoms. The van der Waals surface area contributed by atoms with E-state index in [1.807, 2.05) is 20.8 Å². The Labute approximate surface area is 73.0 Å². The SMILES string of the molecule is CC(C)(C)C(=O)OCCCON. The molecule has 0 spiro atoms. The molecule has 0 radical (unpaired) electrons. The lowest BCUT2D eigenvalue weighted by molar-refractivity contribution is -0.153. The highest BCUT2D eigenvalue weighted by Gasteiger charge is 2.22. The molecule has 72 valence electrons. The first-order valence-electron chi connectivity index (χ1n) is 3.97. The van der Waals surface area contributed by atoms with Crippen LogP contribution in [0.2, 0.25) is 0 Å². The predicted octanol–water partition coefficient (Wildman–Crippen LogP) is 0.856. The van der Waals surface area contributed by atoms with Crippen LogP contribution in [0.4, 0.5) is 0 Å². The van der Waals surface area contributed by atoms with Crippen LogP contribution < -0.4 is 5.90 Å². The lowest BCUT2D eigenvalue weighted by Crippen LogP contribution is -2.23. The first kappa shape index (κ1) is 11.4. The predicted molar refractivity (Wildman–Crippen MR) is 45.2 cm³/mol. The Morgan fingerprint density at radius 1 is 1.33 bits per heavy atom. The summed E-state index contributed by atoms with van der Waals surface area (Å²) < 4.78 is 4.93. The van der Waals surface area contributed by atoms with Gasteiger partial charge in [0.1, 0.15) is 0 Å². The van der Waals surface area contributed by atoms with Crippen molar-refractivity contribution in [3.8, 4) is 0 Å². The molecule has 0 aliphatic heterocycles. The van der Waals surface area contributed by atoms with E-state index in [4.69, 9.17) is 10.6 Å². The van der Waals surface area contributed by atoms with Gasteiger partial charge in [-0.25, -0.2) is 5.90 Å². The molecule has 0 rings (SSSR count). The van der Waals surface area contributed by atoms with Gasteiger partial charge in [-0.1, -0.05) is 0 Å². The van der Waals surface area contributed by atoms with Crippen LogP contribution in [0.3, 0.4) is 0 Å². The second-order valence-corrected chi connectivity index (χ2v) is 3.61. The lowest BCUT2D eigenvalue weighted by atomic mass is 9.97. The molecule has 4 heteroatoms. The molecular formula is C8H17NO3. The summed E-state index contributed by atoms with van der Waals surface area (Å²) in [5.74, 6) is 4.60. The van der Waals surface area contributed by atoms with Gasteiger partial charge in [-0.15, -0.1) is 0 Å². The number of hydrogen-bond acceptors (Lipinski definition) is 4. The summed E-state index contributed by atoms with van der Waals surface area (Å²) in [5.41, 5.74) is -0.427. The van der Waals surface area contributed by atoms with E-state index in [1.165, 1.54) is 0 Å². The van der Waals surface area contributed by atoms with Crippen molar-refractivity contribution in [1.82, 2.24) is 0 Å². The van der Waals surface area contributed by atoms with Gasteiger partial charge in [-0.2, -0.15) is 0 Å². The zero-order valence-electron chi connectivity index (χ0n) is 7.92. The largest absolute Gasteiger partial charge is 0.465 e. The van der Waals surface area contributed by atoms with Gasteiger partial charge >= 0.3 is 5.97 Å². The summed E-state index contributed by atoms with van der Waals surface area (Å²) in [6, 6.07) is 0. The minimum absolute atomic E-state index is 0.195. The molecule has 0 aromatic carbocycles. The molecule has 0 aliphatic rings. The van der Waals surface area contributed by atoms with Gasteiger partial charge in [0.25, 0.3) is 0 Å². The number of carbonyl (C=O) groups excluding carboxylic acids is 1. The molecule has 0 fully saturated rings. The number of ether oxygens (including phenoxy) is 1. The van der Waals surface area contributed by atoms with Crippen molar-refractivity contribution in [2.24, 2.45) is 11.3 Å². The maximum atomic E-state index is 11.1. The van der Waals surface area contributed by atoms with Crippen molar-refractivity contribution in [3.05, 3.63) is 0 Å². The summed E-state index contributed by atoms with van der Waals surface area (Å²) in [5, 5.41) is 0. The molecule has 2 N–H and O–H groups in total. The average Bonchev–Trinajstić information content (AvgIpc) is 1.96. The highest BCUT2D eigenvalue weighted by Crippen LogP contribution is 2.14. The van der Waals surface area contributed by atoms with Crippen LogP contribution in [-0.2, 0) is 14.4 Å². The molecule has 0 aromatic heterocycles. The zero-order valence-corrected chi connectivity index (χ0v) is 7.92. The lowest BCUT2D eigenvalue weighted by Gasteiger charge is -2.16. The van der Waals surface area contributed by atoms with Crippen molar-refractivity contribution in [2.75, 3.05) is 13.2 Å². The number of hydrogen-bond donors (Lipinski definition) is 1. The van der Waals surface area contributed by atoms with Crippen LogP contribution in [0.1, 0.15) is 27.2 Å². The highest BCUT2D eigenvalue weighted by molar-refractivity contribution is 5.75. The standard InChI is InChI=1S/C8H17NO3/c1-8(2,3)7(10)11-5-4-6-12-9/h4-6,9H2,1-3H3. The molecule has 4 nitrogen and oxygen atoms in total. The summed E-state index contributed by atoms with van der Waals surface area (Å²) >= 11 is 0. The van der Waals surface area contributed by atoms with Crippen LogP contribution in [0, 0.1) is 5.41 Å². The smallest absolute Gasteiger partial charge is 0.311 e. The fourth-order valence-electron chi connectivity index (χ4n) is 0.524. The van der Waals surface area contributed by atoms with Crippen molar-refractivity contribution >= 4 is 5.97 Å². The van der Waals surface area contributed by atoms with Crippen LogP contribution in [-0.4, -0.2) is 19.2 Å². The Kier molecular flexibility index (Phi) is 4.85. The van der Waals surface area contributed by atoms with Crippen LogP contribution in [0.15, 0.2) is 0 Å². The van der Waals surface area contributed by atoms with Gasteiger partial charge in [-0.3, -0.25) is 4.79 Å². The van der Waals surface area contributed by atoms with E-state index in [2.05, 4.69) is 4.84 Å². The van der Waals surface area contributed by atoms with Gasteiger partial charge in [0.2, 0.25) is 0 Å². The van der Waals surface area contributed by atoms with Crippen molar-refractivity contribution in [2.45, 2.75) is 27.2 Å². The Bertz CT molecular complexity index is 140. The zero-order chi connectivity index (χ0) is 9.61. The van der Waals surface area contributed by atoms with E-state index in [9.17, 15) is 4.79 Å². The van der Waals surface area contributed by atoms with E-state index in [0.717, 1.165) is 0 Å². The van der Waals surface area contributed by atoms with Gasteiger partial charge in [0, 0.05) is 6.42 Å². The van der Waals surface area contributed by atoms with Gasteiger partial charge < -0.3 is 9.57 Å². The third-order valence-corrected chi connectivity index (χ3v) is 1.25. The number of rotatable bonds is 4. The molecule has 0 aromatic rings. The van der Waals surface area contributed by atoms with E-state index in [-0.39, 0.29) is 5.97 Å². The van der Waals surface area contributed by atoms with Gasteiger partial charge in [-0.05, 0) is 20.8 Å². The van der Waals surface area contributed by atoms with Gasteiger partial charge in [0.05, 0.1) is 18.6 Å². The fraction of sp³-hybridized carbons (Fsp3) is 0.875. The molecule has 0 atom stereocenters. The van der Waals surface area contributed by atoms with Crippen molar-refractivity contribution in [1.29, 1.82) is 0 Å². The number of nitrogens with two attached hydrogens (primary N) is 1. The van der Waals surface area contributed by atoms with E-state index in [0.29, 0.717) is 19.6 Å². The molecular weight excluding hydrogens is 158 g/mol. The second-order valence-electron chi connectivity index (χ2n) is 3.61. The topological polar surface area (TPSA) is 61.5 Å². The normalized spacial score (nSPS) is 11.3. The molecule has 0 amide bonds. The van der Waals surface area contributed by atoms with Crippen LogP contribution in [0.25, 0.3) is 0 Å². The first-order chi connectivity index (χ1) is 5.48. The molecule has 0 aliphatic carbocycles. The highest BCUT2D eigenvalue weighted by atomic mass is 16.6. The summed E-state index contributed by atoms with van der Waals surface area (Å²) in [6.07, 6.45) is 0.637. The quantitative estimate of drug-likeness (QED) is 0.391. The summed E-state index contributed by atoms with van der Waals surface area (Å²) in [6.45, 7) is 6.23. The number of esters is 1. The van der Waals surface area contributed by atoms with Crippen LogP contribution >= 0.6 is 0 Å². The maximum absolute atomic E-state index is 11.1. The van der Waals surface area contributed by atoms with E-state index in [1.54, 1.807) is 0 Å². The maximum Gasteiger partial charge on any atom is 0.311 e. The third-order valence-electron chi connectivity index (χ3n) is 1.25. The molecule has 0 saturated carbocycles. The molecule has 0 heterocycles. The monoisotopic (exact) mass is 175 g/mol. The van der Waals surface area contributed by atoms with Gasteiger partial charge in [0.15, 0.2) is 0 Å². The van der Waals surface area contributed by atoms with E-state index < -0.39 is 5.41 Å². The summed E-state index contributed by atoms with van der Waals surface area (Å²) in [7, 11) is 0. The Balaban J connectivity index is 3.45. The fourth-order valence-corrected chi connectivity index (χ4v) is 0.524. The Morgan fingerprint density at radius 2 is 1.92 bits per heavy atom. The minimum atomic E-state index is -0.427. The van der Waals surface area contributed by atoms with Crippen molar-refractivity contribution < 1.29 is 14.4 Å². The molecule has 0 saturated heterocycles. The minimum Gasteiger partial charge on any atom is -0.465 e. The molecule has 0 unspecified atom stereocenters. The average molecular weight is 175 g/mol. The Hall–Kier alpha value is -0.610. The Morgan fingerprint density at radius 3 is 2.33 bits per heavy atom. The van der Waals surface area contributed by atoms with Crippen molar-refractivity contribution in [3.63, 3.8) is 0 Å².